The van der Waals surface area contributed by atoms with Gasteiger partial charge in [-0.25, -0.2) is 9.78 Å². The van der Waals surface area contributed by atoms with E-state index in [1.54, 1.807) is 0 Å². The van der Waals surface area contributed by atoms with E-state index in [-0.39, 0.29) is 22.7 Å². The lowest BCUT2D eigenvalue weighted by molar-refractivity contribution is 0.0691. The third-order valence-corrected chi connectivity index (χ3v) is 2.71. The maximum absolute atomic E-state index is 12.1. The van der Waals surface area contributed by atoms with Gasteiger partial charge in [0.25, 0.3) is 5.91 Å². The summed E-state index contributed by atoms with van der Waals surface area (Å²) in [5.74, 6) is -1.78. The molecule has 2 rings (SSSR count). The van der Waals surface area contributed by atoms with E-state index in [1.165, 1.54) is 43.6 Å². The molecule has 3 N–H and O–H groups in total. The second-order valence-electron chi connectivity index (χ2n) is 4.04. The van der Waals surface area contributed by atoms with Crippen LogP contribution in [-0.4, -0.2) is 34.2 Å². The smallest absolute Gasteiger partial charge is 0.356 e. The standard InChI is InChI=1S/C14H12N2O5/c1-21-8-4-5-11(17)9(7-8)13(18)16-10-3-2-6-15-12(10)14(19)20/h2-7,17H,1H3,(H,16,18)(H,19,20). The first-order chi connectivity index (χ1) is 10.0. The quantitative estimate of drug-likeness (QED) is 0.790. The van der Waals surface area contributed by atoms with Crippen LogP contribution in [-0.2, 0) is 0 Å². The number of nitrogens with one attached hydrogen (secondary N) is 1. The van der Waals surface area contributed by atoms with Crippen LogP contribution in [0.2, 0.25) is 0 Å². The predicted octanol–water partition coefficient (Wildman–Crippen LogP) is 1.75. The van der Waals surface area contributed by atoms with Crippen LogP contribution in [0.1, 0.15) is 20.8 Å². The summed E-state index contributed by atoms with van der Waals surface area (Å²) in [5, 5.41) is 21.1. The maximum atomic E-state index is 12.1. The molecule has 7 heteroatoms. The number of hydrogen-bond donors (Lipinski definition) is 3. The lowest BCUT2D eigenvalue weighted by Gasteiger charge is -2.09. The zero-order chi connectivity index (χ0) is 15.4. The number of aromatic hydroxyl groups is 1. The van der Waals surface area contributed by atoms with Crippen LogP contribution in [0.3, 0.4) is 0 Å². The lowest BCUT2D eigenvalue weighted by Crippen LogP contribution is -2.16. The Morgan fingerprint density at radius 3 is 2.71 bits per heavy atom. The zero-order valence-corrected chi connectivity index (χ0v) is 11.0. The Balaban J connectivity index is 2.33. The molecular formula is C14H12N2O5. The summed E-state index contributed by atoms with van der Waals surface area (Å²) in [7, 11) is 1.43. The van der Waals surface area contributed by atoms with E-state index in [9.17, 15) is 14.7 Å². The SMILES string of the molecule is COc1ccc(O)c(C(=O)Nc2cccnc2C(=O)O)c1. The molecule has 0 aliphatic rings. The number of pyridine rings is 1. The molecule has 21 heavy (non-hydrogen) atoms. The van der Waals surface area contributed by atoms with Crippen molar-refractivity contribution in [1.82, 2.24) is 4.98 Å². The second kappa shape index (κ2) is 5.91. The highest BCUT2D eigenvalue weighted by atomic mass is 16.5. The fourth-order valence-corrected chi connectivity index (χ4v) is 1.69. The number of carboxylic acids is 1. The molecule has 0 atom stereocenters. The molecule has 1 aromatic heterocycles. The Labute approximate surface area is 119 Å². The first-order valence-electron chi connectivity index (χ1n) is 5.89. The number of carbonyl (C=O) groups is 2. The highest BCUT2D eigenvalue weighted by Gasteiger charge is 2.17. The van der Waals surface area contributed by atoms with E-state index in [1.807, 2.05) is 0 Å². The molecule has 0 spiro atoms. The highest BCUT2D eigenvalue weighted by molar-refractivity contribution is 6.08. The molecule has 1 amide bonds. The van der Waals surface area contributed by atoms with Gasteiger partial charge in [0, 0.05) is 6.20 Å². The molecule has 7 nitrogen and oxygen atoms in total. The van der Waals surface area contributed by atoms with E-state index >= 15 is 0 Å². The summed E-state index contributed by atoms with van der Waals surface area (Å²) in [5.41, 5.74) is -0.278. The normalized spacial score (nSPS) is 9.95. The van der Waals surface area contributed by atoms with Crippen LogP contribution in [0.15, 0.2) is 36.5 Å². The highest BCUT2D eigenvalue weighted by Crippen LogP contribution is 2.24. The van der Waals surface area contributed by atoms with Crippen molar-refractivity contribution in [2.75, 3.05) is 12.4 Å². The van der Waals surface area contributed by atoms with Gasteiger partial charge in [0.15, 0.2) is 5.69 Å². The average Bonchev–Trinajstić information content (AvgIpc) is 2.48. The van der Waals surface area contributed by atoms with Crippen molar-refractivity contribution in [1.29, 1.82) is 0 Å². The van der Waals surface area contributed by atoms with Crippen LogP contribution in [0.5, 0.6) is 11.5 Å². The van der Waals surface area contributed by atoms with Crippen LogP contribution in [0.4, 0.5) is 5.69 Å². The number of carbonyl (C=O) groups excluding carboxylic acids is 1. The fraction of sp³-hybridized carbons (Fsp3) is 0.0714. The number of aromatic nitrogens is 1. The summed E-state index contributed by atoms with van der Waals surface area (Å²) >= 11 is 0. The number of phenolic OH excluding ortho intramolecular Hbond substituents is 1. The number of phenols is 1. The number of methoxy groups -OCH3 is 1. The second-order valence-corrected chi connectivity index (χ2v) is 4.04. The topological polar surface area (TPSA) is 109 Å². The number of anilines is 1. The minimum Gasteiger partial charge on any atom is -0.507 e. The van der Waals surface area contributed by atoms with Crippen molar-refractivity contribution in [3.05, 3.63) is 47.8 Å². The largest absolute Gasteiger partial charge is 0.507 e. The third kappa shape index (κ3) is 3.08. The van der Waals surface area contributed by atoms with Gasteiger partial charge in [0.2, 0.25) is 0 Å². The Kier molecular flexibility index (Phi) is 4.03. The summed E-state index contributed by atoms with van der Waals surface area (Å²) in [6.45, 7) is 0. The molecule has 0 radical (unpaired) electrons. The molecular weight excluding hydrogens is 276 g/mol. The van der Waals surface area contributed by atoms with E-state index in [0.29, 0.717) is 5.75 Å². The number of aromatic carboxylic acids is 1. The van der Waals surface area contributed by atoms with Crippen molar-refractivity contribution in [3.8, 4) is 11.5 Å². The molecule has 1 heterocycles. The van der Waals surface area contributed by atoms with E-state index in [0.717, 1.165) is 0 Å². The van der Waals surface area contributed by atoms with Gasteiger partial charge in [-0.15, -0.1) is 0 Å². The van der Waals surface area contributed by atoms with E-state index < -0.39 is 11.9 Å². The first kappa shape index (κ1) is 14.3. The van der Waals surface area contributed by atoms with Crippen LogP contribution < -0.4 is 10.1 Å². The molecule has 1 aromatic carbocycles. The first-order valence-corrected chi connectivity index (χ1v) is 5.89. The Morgan fingerprint density at radius 1 is 1.29 bits per heavy atom. The summed E-state index contributed by atoms with van der Waals surface area (Å²) in [4.78, 5) is 26.8. The van der Waals surface area contributed by atoms with Gasteiger partial charge in [-0.05, 0) is 30.3 Å². The monoisotopic (exact) mass is 288 g/mol. The average molecular weight is 288 g/mol. The van der Waals surface area contributed by atoms with Gasteiger partial charge >= 0.3 is 5.97 Å². The molecule has 2 aromatic rings. The number of amides is 1. The van der Waals surface area contributed by atoms with Crippen LogP contribution in [0.25, 0.3) is 0 Å². The number of nitrogens with zero attached hydrogens (tertiary/aromatic N) is 1. The maximum Gasteiger partial charge on any atom is 0.356 e. The summed E-state index contributed by atoms with van der Waals surface area (Å²) in [6, 6.07) is 7.06. The minimum absolute atomic E-state index is 0.0328. The third-order valence-electron chi connectivity index (χ3n) is 2.71. The van der Waals surface area contributed by atoms with Crippen LogP contribution in [0, 0.1) is 0 Å². The van der Waals surface area contributed by atoms with Gasteiger partial charge in [-0.1, -0.05) is 0 Å². The Bertz CT molecular complexity index is 700. The Hall–Kier alpha value is -3.09. The molecule has 108 valence electrons. The molecule has 0 aliphatic carbocycles. The van der Waals surface area contributed by atoms with Gasteiger partial charge in [0.1, 0.15) is 11.5 Å². The lowest BCUT2D eigenvalue weighted by atomic mass is 10.1. The fourth-order valence-electron chi connectivity index (χ4n) is 1.69. The van der Waals surface area contributed by atoms with Crippen molar-refractivity contribution in [2.24, 2.45) is 0 Å². The van der Waals surface area contributed by atoms with Gasteiger partial charge in [-0.2, -0.15) is 0 Å². The van der Waals surface area contributed by atoms with E-state index in [2.05, 4.69) is 10.3 Å². The van der Waals surface area contributed by atoms with Gasteiger partial charge in [-0.3, -0.25) is 4.79 Å². The zero-order valence-electron chi connectivity index (χ0n) is 11.0. The van der Waals surface area contributed by atoms with Crippen molar-refractivity contribution in [3.63, 3.8) is 0 Å². The minimum atomic E-state index is -1.26. The van der Waals surface area contributed by atoms with Crippen molar-refractivity contribution >= 4 is 17.6 Å². The number of ether oxygens (including phenoxy) is 1. The summed E-state index contributed by atoms with van der Waals surface area (Å²) in [6.07, 6.45) is 1.31. The van der Waals surface area contributed by atoms with Gasteiger partial charge in [0.05, 0.1) is 18.4 Å². The molecule has 0 saturated carbocycles. The number of hydrogen-bond acceptors (Lipinski definition) is 5. The molecule has 0 saturated heterocycles. The van der Waals surface area contributed by atoms with Crippen molar-refractivity contribution < 1.29 is 24.5 Å². The molecule has 0 fully saturated rings. The number of benzene rings is 1. The van der Waals surface area contributed by atoms with Crippen molar-refractivity contribution in [2.45, 2.75) is 0 Å². The number of rotatable bonds is 4. The molecule has 0 aliphatic heterocycles. The number of carboxylic acid groups (broad SMARTS) is 1. The predicted molar refractivity (Wildman–Crippen MR) is 73.8 cm³/mol. The van der Waals surface area contributed by atoms with E-state index in [4.69, 9.17) is 9.84 Å². The molecule has 0 unspecified atom stereocenters. The Morgan fingerprint density at radius 2 is 2.05 bits per heavy atom. The molecule has 0 bridgehead atoms. The van der Waals surface area contributed by atoms with Crippen LogP contribution >= 0.6 is 0 Å². The van der Waals surface area contributed by atoms with Gasteiger partial charge < -0.3 is 20.3 Å². The summed E-state index contributed by atoms with van der Waals surface area (Å²) < 4.78 is 4.97.